The van der Waals surface area contributed by atoms with E-state index >= 15 is 0 Å². The molecule has 142 valence electrons. The molecule has 0 unspecified atom stereocenters. The van der Waals surface area contributed by atoms with Crippen LogP contribution in [0.25, 0.3) is 0 Å². The largest absolute Gasteiger partial charge is 0.497 e. The zero-order valence-corrected chi connectivity index (χ0v) is 15.4. The highest BCUT2D eigenvalue weighted by atomic mass is 32.2. The van der Waals surface area contributed by atoms with E-state index in [1.807, 2.05) is 0 Å². The number of ether oxygens (including phenoxy) is 1. The molecule has 0 aliphatic carbocycles. The first-order valence-electron chi connectivity index (χ1n) is 8.16. The molecule has 0 spiro atoms. The van der Waals surface area contributed by atoms with Crippen LogP contribution in [0.2, 0.25) is 0 Å². The highest BCUT2D eigenvalue weighted by Crippen LogP contribution is 2.27. The molecule has 0 bridgehead atoms. The molecule has 3 N–H and O–H groups in total. The Morgan fingerprint density at radius 2 is 1.78 bits per heavy atom. The zero-order chi connectivity index (χ0) is 19.6. The van der Waals surface area contributed by atoms with Crippen molar-refractivity contribution in [3.05, 3.63) is 48.5 Å². The lowest BCUT2D eigenvalue weighted by Crippen LogP contribution is -2.28. The van der Waals surface area contributed by atoms with E-state index < -0.39 is 15.9 Å². The molecule has 0 radical (unpaired) electrons. The number of rotatable bonds is 5. The minimum atomic E-state index is -3.79. The molecule has 3 rings (SSSR count). The van der Waals surface area contributed by atoms with E-state index in [4.69, 9.17) is 9.88 Å². The van der Waals surface area contributed by atoms with Crippen LogP contribution < -0.4 is 20.1 Å². The predicted molar refractivity (Wildman–Crippen MR) is 99.9 cm³/mol. The predicted octanol–water partition coefficient (Wildman–Crippen LogP) is 1.33. The van der Waals surface area contributed by atoms with E-state index in [-0.39, 0.29) is 29.7 Å². The van der Waals surface area contributed by atoms with Crippen LogP contribution in [-0.4, -0.2) is 33.9 Å². The number of benzene rings is 2. The molecule has 1 heterocycles. The fourth-order valence-corrected chi connectivity index (χ4v) is 3.38. The maximum Gasteiger partial charge on any atom is 0.238 e. The molecular formula is C18H19N3O5S. The van der Waals surface area contributed by atoms with Crippen LogP contribution in [0.3, 0.4) is 0 Å². The maximum atomic E-state index is 12.5. The minimum absolute atomic E-state index is 0.0396. The first-order valence-corrected chi connectivity index (χ1v) is 9.71. The van der Waals surface area contributed by atoms with Crippen LogP contribution in [0.1, 0.15) is 6.42 Å². The summed E-state index contributed by atoms with van der Waals surface area (Å²) >= 11 is 0. The van der Waals surface area contributed by atoms with Crippen molar-refractivity contribution >= 4 is 33.2 Å². The van der Waals surface area contributed by atoms with Gasteiger partial charge in [-0.05, 0) is 48.5 Å². The van der Waals surface area contributed by atoms with Gasteiger partial charge in [0.25, 0.3) is 0 Å². The van der Waals surface area contributed by atoms with Gasteiger partial charge < -0.3 is 15.0 Å². The van der Waals surface area contributed by atoms with Crippen LogP contribution in [0.5, 0.6) is 5.75 Å². The molecule has 8 nitrogen and oxygen atoms in total. The van der Waals surface area contributed by atoms with E-state index in [0.29, 0.717) is 17.1 Å². The summed E-state index contributed by atoms with van der Waals surface area (Å²) < 4.78 is 27.6. The van der Waals surface area contributed by atoms with Crippen molar-refractivity contribution < 1.29 is 22.7 Å². The number of primary sulfonamides is 1. The molecule has 2 aromatic carbocycles. The van der Waals surface area contributed by atoms with Crippen LogP contribution in [0.4, 0.5) is 11.4 Å². The monoisotopic (exact) mass is 389 g/mol. The topological polar surface area (TPSA) is 119 Å². The Balaban J connectivity index is 1.66. The number of nitrogens with one attached hydrogen (secondary N) is 1. The number of nitrogens with two attached hydrogens (primary N) is 1. The van der Waals surface area contributed by atoms with Crippen LogP contribution in [0, 0.1) is 5.92 Å². The Bertz CT molecular complexity index is 955. The van der Waals surface area contributed by atoms with Crippen molar-refractivity contribution in [1.82, 2.24) is 0 Å². The minimum Gasteiger partial charge on any atom is -0.497 e. The molecule has 0 saturated carbocycles. The number of methoxy groups -OCH3 is 1. The Kier molecular flexibility index (Phi) is 5.15. The number of sulfonamides is 1. The molecule has 1 saturated heterocycles. The van der Waals surface area contributed by atoms with E-state index in [9.17, 15) is 18.0 Å². The van der Waals surface area contributed by atoms with E-state index in [1.54, 1.807) is 36.3 Å². The van der Waals surface area contributed by atoms with Gasteiger partial charge in [-0.25, -0.2) is 13.6 Å². The van der Waals surface area contributed by atoms with E-state index in [2.05, 4.69) is 5.32 Å². The lowest BCUT2D eigenvalue weighted by molar-refractivity contribution is -0.122. The fourth-order valence-electron chi connectivity index (χ4n) is 2.87. The molecule has 27 heavy (non-hydrogen) atoms. The lowest BCUT2D eigenvalue weighted by atomic mass is 10.1. The zero-order valence-electron chi connectivity index (χ0n) is 14.6. The van der Waals surface area contributed by atoms with Crippen molar-refractivity contribution in [2.24, 2.45) is 11.1 Å². The summed E-state index contributed by atoms with van der Waals surface area (Å²) in [6.07, 6.45) is 0.104. The van der Waals surface area contributed by atoms with Crippen molar-refractivity contribution in [3.8, 4) is 5.75 Å². The molecule has 1 aliphatic rings. The summed E-state index contributed by atoms with van der Waals surface area (Å²) in [7, 11) is -2.23. The Morgan fingerprint density at radius 1 is 1.15 bits per heavy atom. The van der Waals surface area contributed by atoms with Gasteiger partial charge >= 0.3 is 0 Å². The molecule has 2 amide bonds. The second-order valence-electron chi connectivity index (χ2n) is 6.16. The summed E-state index contributed by atoms with van der Waals surface area (Å²) in [5.41, 5.74) is 1.14. The van der Waals surface area contributed by atoms with Gasteiger partial charge in [0.2, 0.25) is 21.8 Å². The molecule has 0 aromatic heterocycles. The third-order valence-electron chi connectivity index (χ3n) is 4.33. The number of carbonyl (C=O) groups is 2. The van der Waals surface area contributed by atoms with Gasteiger partial charge in [0.15, 0.2) is 0 Å². The van der Waals surface area contributed by atoms with E-state index in [0.717, 1.165) is 0 Å². The number of hydrogen-bond acceptors (Lipinski definition) is 5. The van der Waals surface area contributed by atoms with Gasteiger partial charge in [-0.15, -0.1) is 0 Å². The van der Waals surface area contributed by atoms with Crippen LogP contribution >= 0.6 is 0 Å². The van der Waals surface area contributed by atoms with Crippen molar-refractivity contribution in [3.63, 3.8) is 0 Å². The van der Waals surface area contributed by atoms with Gasteiger partial charge in [-0.3, -0.25) is 9.59 Å². The van der Waals surface area contributed by atoms with Crippen molar-refractivity contribution in [2.75, 3.05) is 23.9 Å². The SMILES string of the molecule is COc1ccc(N2C[C@@H](C(=O)Nc3ccc(S(N)(=O)=O)cc3)CC2=O)cc1. The molecule has 1 aliphatic heterocycles. The average molecular weight is 389 g/mol. The molecule has 9 heteroatoms. The second-order valence-corrected chi connectivity index (χ2v) is 7.72. The molecule has 2 aromatic rings. The van der Waals surface area contributed by atoms with Gasteiger partial charge in [0, 0.05) is 24.3 Å². The first kappa shape index (κ1) is 18.9. The average Bonchev–Trinajstić information content (AvgIpc) is 3.03. The standard InChI is InChI=1S/C18H19N3O5S/c1-26-15-6-4-14(5-7-15)21-11-12(10-17(21)22)18(23)20-13-2-8-16(9-3-13)27(19,24)25/h2-9,12H,10-11H2,1H3,(H,20,23)(H2,19,24,25)/t12-/m0/s1. The fraction of sp³-hybridized carbons (Fsp3) is 0.222. The molecule has 1 atom stereocenters. The second kappa shape index (κ2) is 7.37. The third-order valence-corrected chi connectivity index (χ3v) is 5.26. The van der Waals surface area contributed by atoms with Crippen molar-refractivity contribution in [2.45, 2.75) is 11.3 Å². The summed E-state index contributed by atoms with van der Waals surface area (Å²) in [6.45, 7) is 0.270. The smallest absolute Gasteiger partial charge is 0.238 e. The summed E-state index contributed by atoms with van der Waals surface area (Å²) in [6, 6.07) is 12.6. The van der Waals surface area contributed by atoms with Crippen LogP contribution in [-0.2, 0) is 19.6 Å². The number of carbonyl (C=O) groups excluding carboxylic acids is 2. The number of nitrogens with zero attached hydrogens (tertiary/aromatic N) is 1. The van der Waals surface area contributed by atoms with Gasteiger partial charge in [0.05, 0.1) is 17.9 Å². The van der Waals surface area contributed by atoms with E-state index in [1.165, 1.54) is 24.3 Å². The lowest BCUT2D eigenvalue weighted by Gasteiger charge is -2.17. The first-order chi connectivity index (χ1) is 12.8. The van der Waals surface area contributed by atoms with Gasteiger partial charge in [-0.2, -0.15) is 0 Å². The number of amides is 2. The highest BCUT2D eigenvalue weighted by molar-refractivity contribution is 7.89. The van der Waals surface area contributed by atoms with Crippen LogP contribution in [0.15, 0.2) is 53.4 Å². The van der Waals surface area contributed by atoms with Gasteiger partial charge in [-0.1, -0.05) is 0 Å². The summed E-state index contributed by atoms with van der Waals surface area (Å²) in [5.74, 6) is -0.257. The van der Waals surface area contributed by atoms with Gasteiger partial charge in [0.1, 0.15) is 5.75 Å². The van der Waals surface area contributed by atoms with Crippen molar-refractivity contribution in [1.29, 1.82) is 0 Å². The maximum absolute atomic E-state index is 12.5. The quantitative estimate of drug-likeness (QED) is 0.800. The third kappa shape index (κ3) is 4.26. The highest BCUT2D eigenvalue weighted by Gasteiger charge is 2.35. The Labute approximate surface area is 157 Å². The molecule has 1 fully saturated rings. The Morgan fingerprint density at radius 3 is 2.33 bits per heavy atom. The molecular weight excluding hydrogens is 370 g/mol. The number of anilines is 2. The summed E-state index contributed by atoms with van der Waals surface area (Å²) in [4.78, 5) is 26.3. The summed E-state index contributed by atoms with van der Waals surface area (Å²) in [5, 5.41) is 7.75. The normalized spacial score (nSPS) is 17.0. The Hall–Kier alpha value is -2.91. The number of hydrogen-bond donors (Lipinski definition) is 2.